The van der Waals surface area contributed by atoms with Gasteiger partial charge in [-0.25, -0.2) is 0 Å². The van der Waals surface area contributed by atoms with Gasteiger partial charge in [0.2, 0.25) is 0 Å². The second-order valence-electron chi connectivity index (χ2n) is 5.87. The summed E-state index contributed by atoms with van der Waals surface area (Å²) >= 11 is 4.31. The van der Waals surface area contributed by atoms with Crippen molar-refractivity contribution in [2.75, 3.05) is 0 Å². The average Bonchev–Trinajstić information content (AvgIpc) is 2.41. The van der Waals surface area contributed by atoms with E-state index in [-0.39, 0.29) is 0 Å². The molecular formula is C18H30S. The van der Waals surface area contributed by atoms with Crippen molar-refractivity contribution < 1.29 is 0 Å². The Hall–Kier alpha value is -0.430. The second-order valence-corrected chi connectivity index (χ2v) is 6.38. The summed E-state index contributed by atoms with van der Waals surface area (Å²) in [7, 11) is 0. The van der Waals surface area contributed by atoms with Gasteiger partial charge in [-0.1, -0.05) is 70.9 Å². The normalized spacial score (nSPS) is 12.6. The van der Waals surface area contributed by atoms with Gasteiger partial charge in [-0.15, -0.1) is 12.6 Å². The van der Waals surface area contributed by atoms with Crippen LogP contribution >= 0.6 is 12.6 Å². The fourth-order valence-corrected chi connectivity index (χ4v) is 2.70. The van der Waals surface area contributed by atoms with Crippen LogP contribution in [0.1, 0.15) is 70.8 Å². The standard InChI is InChI=1S/C18H30S/c1-3-4-6-9-16(2)10-7-5-8-11-17-12-14-18(19)15-13-17/h12-16,19H,3-11H2,1-2H3/t16-/m1/s1. The number of aryl methyl sites for hydroxylation is 1. The van der Waals surface area contributed by atoms with Gasteiger partial charge in [0.25, 0.3) is 0 Å². The Kier molecular flexibility index (Phi) is 9.07. The number of rotatable bonds is 10. The van der Waals surface area contributed by atoms with Gasteiger partial charge in [0, 0.05) is 4.90 Å². The fraction of sp³-hybridized carbons (Fsp3) is 0.667. The van der Waals surface area contributed by atoms with Crippen molar-refractivity contribution in [1.82, 2.24) is 0 Å². The third kappa shape index (κ3) is 8.36. The number of hydrogen-bond donors (Lipinski definition) is 1. The summed E-state index contributed by atoms with van der Waals surface area (Å²) in [5, 5.41) is 0. The van der Waals surface area contributed by atoms with Crippen LogP contribution in [-0.2, 0) is 6.42 Å². The highest BCUT2D eigenvalue weighted by molar-refractivity contribution is 7.80. The van der Waals surface area contributed by atoms with E-state index in [0.717, 1.165) is 10.8 Å². The van der Waals surface area contributed by atoms with Crippen LogP contribution in [0.4, 0.5) is 0 Å². The molecule has 0 nitrogen and oxygen atoms in total. The summed E-state index contributed by atoms with van der Waals surface area (Å²) in [5.74, 6) is 0.926. The van der Waals surface area contributed by atoms with Gasteiger partial charge in [-0.2, -0.15) is 0 Å². The number of hydrogen-bond acceptors (Lipinski definition) is 1. The van der Waals surface area contributed by atoms with Gasteiger partial charge < -0.3 is 0 Å². The monoisotopic (exact) mass is 278 g/mol. The van der Waals surface area contributed by atoms with E-state index in [9.17, 15) is 0 Å². The quantitative estimate of drug-likeness (QED) is 0.377. The Labute approximate surface area is 125 Å². The van der Waals surface area contributed by atoms with Gasteiger partial charge in [0.15, 0.2) is 0 Å². The molecule has 1 aromatic carbocycles. The molecule has 0 N–H and O–H groups in total. The van der Waals surface area contributed by atoms with E-state index in [0.29, 0.717) is 0 Å². The maximum Gasteiger partial charge on any atom is 0.00401 e. The van der Waals surface area contributed by atoms with Crippen LogP contribution in [0.5, 0.6) is 0 Å². The molecule has 0 aliphatic heterocycles. The minimum Gasteiger partial charge on any atom is -0.143 e. The minimum atomic E-state index is 0.926. The number of benzene rings is 1. The highest BCUT2D eigenvalue weighted by Crippen LogP contribution is 2.17. The Balaban J connectivity index is 2.00. The Morgan fingerprint density at radius 3 is 2.16 bits per heavy atom. The molecule has 0 bridgehead atoms. The molecule has 0 aliphatic carbocycles. The van der Waals surface area contributed by atoms with E-state index in [4.69, 9.17) is 0 Å². The number of thiol groups is 1. The zero-order valence-corrected chi connectivity index (χ0v) is 13.6. The highest BCUT2D eigenvalue weighted by Gasteiger charge is 2.01. The topological polar surface area (TPSA) is 0 Å². The summed E-state index contributed by atoms with van der Waals surface area (Å²) in [6.45, 7) is 4.70. The molecule has 0 aliphatic rings. The van der Waals surface area contributed by atoms with Crippen LogP contribution < -0.4 is 0 Å². The first-order valence-corrected chi connectivity index (χ1v) is 8.45. The lowest BCUT2D eigenvalue weighted by molar-refractivity contribution is 0.440. The largest absolute Gasteiger partial charge is 0.143 e. The molecule has 0 spiro atoms. The number of unbranched alkanes of at least 4 members (excludes halogenated alkanes) is 4. The first kappa shape index (κ1) is 16.6. The molecule has 0 radical (unpaired) electrons. The molecule has 1 aromatic rings. The van der Waals surface area contributed by atoms with Crippen LogP contribution in [0.15, 0.2) is 29.2 Å². The SMILES string of the molecule is CCCCC[C@@H](C)CCCCCc1ccc(S)cc1. The molecule has 0 amide bonds. The van der Waals surface area contributed by atoms with Crippen molar-refractivity contribution in [2.24, 2.45) is 5.92 Å². The highest BCUT2D eigenvalue weighted by atomic mass is 32.1. The van der Waals surface area contributed by atoms with Crippen molar-refractivity contribution in [2.45, 2.75) is 76.5 Å². The van der Waals surface area contributed by atoms with Crippen molar-refractivity contribution in [3.8, 4) is 0 Å². The van der Waals surface area contributed by atoms with Gasteiger partial charge in [-0.05, 0) is 36.5 Å². The summed E-state index contributed by atoms with van der Waals surface area (Å²) in [6, 6.07) is 8.59. The van der Waals surface area contributed by atoms with E-state index in [1.165, 1.54) is 63.4 Å². The Bertz CT molecular complexity index is 315. The molecule has 108 valence electrons. The predicted molar refractivity (Wildman–Crippen MR) is 89.2 cm³/mol. The van der Waals surface area contributed by atoms with Crippen molar-refractivity contribution in [3.63, 3.8) is 0 Å². The molecule has 0 saturated carbocycles. The lowest BCUT2D eigenvalue weighted by Crippen LogP contribution is -1.95. The Morgan fingerprint density at radius 2 is 1.53 bits per heavy atom. The molecule has 0 aromatic heterocycles. The molecular weight excluding hydrogens is 248 g/mol. The van der Waals surface area contributed by atoms with E-state index in [2.05, 4.69) is 50.7 Å². The van der Waals surface area contributed by atoms with Crippen LogP contribution in [-0.4, -0.2) is 0 Å². The van der Waals surface area contributed by atoms with E-state index in [1.807, 2.05) is 0 Å². The van der Waals surface area contributed by atoms with Gasteiger partial charge in [0.1, 0.15) is 0 Å². The molecule has 0 heterocycles. The second kappa shape index (κ2) is 10.4. The maximum absolute atomic E-state index is 4.31. The first-order valence-electron chi connectivity index (χ1n) is 8.00. The lowest BCUT2D eigenvalue weighted by Gasteiger charge is -2.10. The molecule has 1 heteroatoms. The van der Waals surface area contributed by atoms with Crippen LogP contribution in [0.25, 0.3) is 0 Å². The summed E-state index contributed by atoms with van der Waals surface area (Å²) < 4.78 is 0. The third-order valence-electron chi connectivity index (χ3n) is 3.90. The zero-order valence-electron chi connectivity index (χ0n) is 12.7. The zero-order chi connectivity index (χ0) is 13.9. The van der Waals surface area contributed by atoms with E-state index in [1.54, 1.807) is 0 Å². The molecule has 19 heavy (non-hydrogen) atoms. The summed E-state index contributed by atoms with van der Waals surface area (Å²) in [4.78, 5) is 1.06. The molecule has 1 rings (SSSR count). The Morgan fingerprint density at radius 1 is 0.895 bits per heavy atom. The summed E-state index contributed by atoms with van der Waals surface area (Å²) in [5.41, 5.74) is 1.45. The van der Waals surface area contributed by atoms with Crippen molar-refractivity contribution in [3.05, 3.63) is 29.8 Å². The maximum atomic E-state index is 4.31. The fourth-order valence-electron chi connectivity index (χ4n) is 2.55. The van der Waals surface area contributed by atoms with Gasteiger partial charge in [-0.3, -0.25) is 0 Å². The van der Waals surface area contributed by atoms with E-state index >= 15 is 0 Å². The molecule has 0 saturated heterocycles. The minimum absolute atomic E-state index is 0.926. The molecule has 1 atom stereocenters. The molecule has 0 fully saturated rings. The third-order valence-corrected chi connectivity index (χ3v) is 4.20. The first-order chi connectivity index (χ1) is 9.22. The molecule has 0 unspecified atom stereocenters. The van der Waals surface area contributed by atoms with Gasteiger partial charge >= 0.3 is 0 Å². The average molecular weight is 279 g/mol. The van der Waals surface area contributed by atoms with Crippen molar-refractivity contribution in [1.29, 1.82) is 0 Å². The van der Waals surface area contributed by atoms with Gasteiger partial charge in [0.05, 0.1) is 0 Å². The summed E-state index contributed by atoms with van der Waals surface area (Å²) in [6.07, 6.45) is 12.3. The predicted octanol–water partition coefficient (Wildman–Crippen LogP) is 6.29. The van der Waals surface area contributed by atoms with Crippen LogP contribution in [0.3, 0.4) is 0 Å². The smallest absolute Gasteiger partial charge is 0.00401 e. The van der Waals surface area contributed by atoms with Crippen LogP contribution in [0, 0.1) is 5.92 Å². The van der Waals surface area contributed by atoms with Crippen molar-refractivity contribution >= 4 is 12.6 Å². The van der Waals surface area contributed by atoms with E-state index < -0.39 is 0 Å². The van der Waals surface area contributed by atoms with Crippen LogP contribution in [0.2, 0.25) is 0 Å². The lowest BCUT2D eigenvalue weighted by atomic mass is 9.96.